The predicted molar refractivity (Wildman–Crippen MR) is 69.3 cm³/mol. The molecule has 2 aliphatic heterocycles. The topological polar surface area (TPSA) is 55.4 Å². The number of fused-ring (bicyclic) bond motifs is 1. The fourth-order valence-electron chi connectivity index (χ4n) is 2.68. The monoisotopic (exact) mass is 267 g/mol. The van der Waals surface area contributed by atoms with E-state index in [1.54, 1.807) is 0 Å². The van der Waals surface area contributed by atoms with Gasteiger partial charge in [-0.3, -0.25) is 0 Å². The molecule has 0 amide bonds. The smallest absolute Gasteiger partial charge is 0.154 e. The molecule has 1 fully saturated rings. The average Bonchev–Trinajstić information content (AvgIpc) is 2.82. The lowest BCUT2D eigenvalue weighted by Gasteiger charge is -2.24. The van der Waals surface area contributed by atoms with Crippen LogP contribution in [0.2, 0.25) is 0 Å². The molecule has 1 atom stereocenters. The first-order valence-electron chi connectivity index (χ1n) is 6.18. The summed E-state index contributed by atoms with van der Waals surface area (Å²) in [6.45, 7) is 3.64. The first-order valence-corrected chi connectivity index (χ1v) is 8.00. The van der Waals surface area contributed by atoms with Crippen molar-refractivity contribution in [1.82, 2.24) is 5.32 Å². The Morgan fingerprint density at radius 1 is 1.28 bits per heavy atom. The summed E-state index contributed by atoms with van der Waals surface area (Å²) in [7, 11) is -2.92. The number of sulfone groups is 1. The maximum Gasteiger partial charge on any atom is 0.154 e. The van der Waals surface area contributed by atoms with Crippen molar-refractivity contribution in [3.63, 3.8) is 0 Å². The van der Waals surface area contributed by atoms with Gasteiger partial charge in [-0.25, -0.2) is 8.42 Å². The zero-order valence-electron chi connectivity index (χ0n) is 10.4. The lowest BCUT2D eigenvalue weighted by Crippen LogP contribution is -2.33. The largest absolute Gasteiger partial charge is 0.486 e. The zero-order chi connectivity index (χ0) is 12.8. The lowest BCUT2D eigenvalue weighted by atomic mass is 10.1. The Bertz CT molecular complexity index is 582. The molecule has 0 radical (unpaired) electrons. The van der Waals surface area contributed by atoms with Crippen LogP contribution < -0.4 is 10.1 Å². The van der Waals surface area contributed by atoms with Crippen LogP contribution in [0.15, 0.2) is 18.2 Å². The van der Waals surface area contributed by atoms with E-state index in [9.17, 15) is 8.42 Å². The van der Waals surface area contributed by atoms with E-state index in [-0.39, 0.29) is 11.5 Å². The van der Waals surface area contributed by atoms with Crippen molar-refractivity contribution in [1.29, 1.82) is 0 Å². The van der Waals surface area contributed by atoms with Gasteiger partial charge < -0.3 is 10.1 Å². The Morgan fingerprint density at radius 3 is 2.78 bits per heavy atom. The Morgan fingerprint density at radius 2 is 2.06 bits per heavy atom. The number of benzene rings is 1. The Balaban J connectivity index is 1.81. The molecule has 0 aromatic heterocycles. The van der Waals surface area contributed by atoms with Gasteiger partial charge >= 0.3 is 0 Å². The van der Waals surface area contributed by atoms with Gasteiger partial charge in [-0.2, -0.15) is 0 Å². The number of hydrogen-bond acceptors (Lipinski definition) is 4. The number of hydrogen-bond donors (Lipinski definition) is 1. The van der Waals surface area contributed by atoms with Crippen LogP contribution in [0.1, 0.15) is 24.5 Å². The summed E-state index contributed by atoms with van der Waals surface area (Å²) < 4.78 is 29.0. The summed E-state index contributed by atoms with van der Waals surface area (Å²) in [5, 5.41) is 3.28. The zero-order valence-corrected chi connectivity index (χ0v) is 11.2. The van der Waals surface area contributed by atoms with Crippen molar-refractivity contribution < 1.29 is 13.2 Å². The summed E-state index contributed by atoms with van der Waals surface area (Å²) in [6, 6.07) is 6.00. The molecule has 0 spiro atoms. The Hall–Kier alpha value is -1.07. The first kappa shape index (κ1) is 12.0. The third kappa shape index (κ3) is 2.24. The van der Waals surface area contributed by atoms with E-state index < -0.39 is 15.4 Å². The van der Waals surface area contributed by atoms with E-state index in [1.807, 2.05) is 19.1 Å². The molecule has 1 unspecified atom stereocenters. The number of rotatable bonds is 2. The molecule has 1 N–H and O–H groups in total. The van der Waals surface area contributed by atoms with Crippen LogP contribution in [0, 0.1) is 0 Å². The minimum absolute atomic E-state index is 0.120. The third-order valence-corrected chi connectivity index (χ3v) is 5.52. The van der Waals surface area contributed by atoms with Crippen molar-refractivity contribution in [3.05, 3.63) is 29.3 Å². The van der Waals surface area contributed by atoms with E-state index in [1.165, 1.54) is 11.1 Å². The molecule has 1 aromatic carbocycles. The fraction of sp³-hybridized carbons (Fsp3) is 0.538. The van der Waals surface area contributed by atoms with Crippen molar-refractivity contribution in [2.45, 2.75) is 32.0 Å². The molecule has 3 rings (SSSR count). The van der Waals surface area contributed by atoms with Gasteiger partial charge in [0.05, 0.1) is 11.5 Å². The van der Waals surface area contributed by atoms with E-state index in [2.05, 4.69) is 11.4 Å². The molecular formula is C13H17NO3S. The molecule has 18 heavy (non-hydrogen) atoms. The lowest BCUT2D eigenvalue weighted by molar-refractivity contribution is 0.117. The van der Waals surface area contributed by atoms with E-state index in [0.717, 1.165) is 18.8 Å². The van der Waals surface area contributed by atoms with Crippen molar-refractivity contribution in [2.24, 2.45) is 0 Å². The molecule has 0 saturated carbocycles. The van der Waals surface area contributed by atoms with Crippen molar-refractivity contribution in [3.8, 4) is 5.75 Å². The normalized spacial score (nSPS) is 29.2. The molecule has 0 aliphatic carbocycles. The van der Waals surface area contributed by atoms with Crippen LogP contribution in [0.3, 0.4) is 0 Å². The van der Waals surface area contributed by atoms with Crippen molar-refractivity contribution >= 4 is 9.84 Å². The number of ether oxygens (including phenoxy) is 1. The Labute approximate surface area is 107 Å². The highest BCUT2D eigenvalue weighted by molar-refractivity contribution is 7.91. The molecule has 0 bridgehead atoms. The van der Waals surface area contributed by atoms with Gasteiger partial charge in [0.25, 0.3) is 0 Å². The summed E-state index contributed by atoms with van der Waals surface area (Å²) in [5.41, 5.74) is 1.97. The molecule has 4 nitrogen and oxygen atoms in total. The second kappa shape index (κ2) is 3.96. The highest BCUT2D eigenvalue weighted by atomic mass is 32.2. The van der Waals surface area contributed by atoms with Gasteiger partial charge in [0.1, 0.15) is 11.4 Å². The summed E-state index contributed by atoms with van der Waals surface area (Å²) >= 11 is 0. The average molecular weight is 267 g/mol. The van der Waals surface area contributed by atoms with Crippen LogP contribution in [-0.4, -0.2) is 25.5 Å². The van der Waals surface area contributed by atoms with Crippen molar-refractivity contribution in [2.75, 3.05) is 11.5 Å². The molecule has 2 heterocycles. The Kier molecular flexibility index (Phi) is 2.64. The highest BCUT2D eigenvalue weighted by Gasteiger charge is 2.40. The summed E-state index contributed by atoms with van der Waals surface area (Å²) in [4.78, 5) is 0. The standard InChI is InChI=1S/C13H17NO3S/c1-13(4-5-18(15,16)9-13)17-12-3-2-10-7-14-8-11(10)6-12/h2-3,6,14H,4-5,7-9H2,1H3. The maximum absolute atomic E-state index is 11.5. The first-order chi connectivity index (χ1) is 8.46. The van der Waals surface area contributed by atoms with Crippen LogP contribution in [0.5, 0.6) is 5.75 Å². The van der Waals surface area contributed by atoms with E-state index >= 15 is 0 Å². The van der Waals surface area contributed by atoms with E-state index in [4.69, 9.17) is 4.74 Å². The van der Waals surface area contributed by atoms with Crippen LogP contribution in [-0.2, 0) is 22.9 Å². The highest BCUT2D eigenvalue weighted by Crippen LogP contribution is 2.30. The second-order valence-electron chi connectivity index (χ2n) is 5.43. The minimum atomic E-state index is -2.92. The molecule has 5 heteroatoms. The van der Waals surface area contributed by atoms with E-state index in [0.29, 0.717) is 6.42 Å². The minimum Gasteiger partial charge on any atom is -0.486 e. The predicted octanol–water partition coefficient (Wildman–Crippen LogP) is 1.25. The van der Waals surface area contributed by atoms with Crippen LogP contribution in [0.25, 0.3) is 0 Å². The van der Waals surface area contributed by atoms with Gasteiger partial charge in [-0.05, 0) is 30.2 Å². The third-order valence-electron chi connectivity index (χ3n) is 3.64. The molecule has 1 saturated heterocycles. The molecular weight excluding hydrogens is 250 g/mol. The van der Waals surface area contributed by atoms with Crippen LogP contribution in [0.4, 0.5) is 0 Å². The quantitative estimate of drug-likeness (QED) is 0.876. The van der Waals surface area contributed by atoms with Crippen LogP contribution >= 0.6 is 0 Å². The molecule has 98 valence electrons. The second-order valence-corrected chi connectivity index (χ2v) is 7.61. The maximum atomic E-state index is 11.5. The van der Waals surface area contributed by atoms with Gasteiger partial charge in [0.15, 0.2) is 9.84 Å². The molecule has 2 aliphatic rings. The number of nitrogens with one attached hydrogen (secondary N) is 1. The summed E-state index contributed by atoms with van der Waals surface area (Å²) in [5.74, 6) is 1.13. The molecule has 1 aromatic rings. The van der Waals surface area contributed by atoms with Gasteiger partial charge in [-0.15, -0.1) is 0 Å². The van der Waals surface area contributed by atoms with Gasteiger partial charge in [-0.1, -0.05) is 6.07 Å². The fourth-order valence-corrected chi connectivity index (χ4v) is 4.70. The summed E-state index contributed by atoms with van der Waals surface area (Å²) in [6.07, 6.45) is 0.574. The SMILES string of the molecule is CC1(Oc2ccc3c(c2)CNC3)CCS(=O)(=O)C1. The van der Waals surface area contributed by atoms with Gasteiger partial charge in [0, 0.05) is 19.5 Å². The van der Waals surface area contributed by atoms with Gasteiger partial charge in [0.2, 0.25) is 0 Å².